The van der Waals surface area contributed by atoms with Crippen molar-refractivity contribution in [3.63, 3.8) is 0 Å². The molecule has 1 fully saturated rings. The van der Waals surface area contributed by atoms with Crippen LogP contribution in [0.4, 0.5) is 8.78 Å². The number of hydrogen-bond acceptors (Lipinski definition) is 3. The summed E-state index contributed by atoms with van der Waals surface area (Å²) >= 11 is 0. The third-order valence-electron chi connectivity index (χ3n) is 3.38. The van der Waals surface area contributed by atoms with Crippen LogP contribution in [0.5, 0.6) is 0 Å². The summed E-state index contributed by atoms with van der Waals surface area (Å²) in [5.74, 6) is -1.74. The van der Waals surface area contributed by atoms with Gasteiger partial charge in [-0.15, -0.1) is 0 Å². The molecule has 1 aliphatic heterocycles. The molecule has 1 aliphatic rings. The maximum absolute atomic E-state index is 13.5. The Labute approximate surface area is 122 Å². The fraction of sp³-hybridized carbons (Fsp3) is 0.538. The third kappa shape index (κ3) is 4.70. The first kappa shape index (κ1) is 16.3. The number of morpholine rings is 1. The van der Waals surface area contributed by atoms with Crippen LogP contribution in [0.1, 0.15) is 6.42 Å². The van der Waals surface area contributed by atoms with E-state index in [1.165, 1.54) is 4.90 Å². The molecule has 0 atom stereocenters. The minimum absolute atomic E-state index is 0.197. The van der Waals surface area contributed by atoms with Gasteiger partial charge in [0, 0.05) is 13.0 Å². The highest BCUT2D eigenvalue weighted by Gasteiger charge is 2.20. The molecule has 2 rings (SSSR count). The Balaban J connectivity index is 1.85. The van der Waals surface area contributed by atoms with Gasteiger partial charge in [0.15, 0.2) is 0 Å². The standard InChI is InChI=1S/C13H18F2N2O3S/c14-11-2-3-12(15)13(10-11)21(18,19)16-4-1-5-17-6-8-20-9-7-17/h2-3,10,16H,1,4-9H2/p+1. The molecular weight excluding hydrogens is 302 g/mol. The predicted molar refractivity (Wildman–Crippen MR) is 72.5 cm³/mol. The van der Waals surface area contributed by atoms with Crippen LogP contribution in [-0.4, -0.2) is 47.8 Å². The number of quaternary nitrogens is 1. The molecule has 5 nitrogen and oxygen atoms in total. The Bertz CT molecular complexity index is 575. The second-order valence-electron chi connectivity index (χ2n) is 4.94. The minimum Gasteiger partial charge on any atom is -0.370 e. The number of halogens is 2. The van der Waals surface area contributed by atoms with Crippen molar-refractivity contribution in [2.45, 2.75) is 11.3 Å². The Morgan fingerprint density at radius 2 is 1.95 bits per heavy atom. The van der Waals surface area contributed by atoms with Gasteiger partial charge in [0.1, 0.15) is 29.6 Å². The molecular formula is C13H19F2N2O3S+. The lowest BCUT2D eigenvalue weighted by molar-refractivity contribution is -0.908. The number of sulfonamides is 1. The van der Waals surface area contributed by atoms with Gasteiger partial charge in [-0.1, -0.05) is 0 Å². The van der Waals surface area contributed by atoms with Crippen molar-refractivity contribution in [2.75, 3.05) is 39.4 Å². The lowest BCUT2D eigenvalue weighted by Gasteiger charge is -2.23. The predicted octanol–water partition coefficient (Wildman–Crippen LogP) is -0.452. The van der Waals surface area contributed by atoms with Crippen molar-refractivity contribution in [2.24, 2.45) is 0 Å². The van der Waals surface area contributed by atoms with E-state index in [-0.39, 0.29) is 6.54 Å². The Morgan fingerprint density at radius 1 is 1.24 bits per heavy atom. The van der Waals surface area contributed by atoms with Gasteiger partial charge in [0.05, 0.1) is 19.8 Å². The van der Waals surface area contributed by atoms with Crippen LogP contribution in [-0.2, 0) is 14.8 Å². The zero-order valence-corrected chi connectivity index (χ0v) is 12.4. The molecule has 0 amide bonds. The summed E-state index contributed by atoms with van der Waals surface area (Å²) in [6.45, 7) is 4.27. The van der Waals surface area contributed by atoms with E-state index in [0.29, 0.717) is 12.5 Å². The zero-order chi connectivity index (χ0) is 15.3. The van der Waals surface area contributed by atoms with Gasteiger partial charge in [-0.05, 0) is 18.2 Å². The average molecular weight is 321 g/mol. The van der Waals surface area contributed by atoms with Crippen molar-refractivity contribution in [1.29, 1.82) is 0 Å². The highest BCUT2D eigenvalue weighted by atomic mass is 32.2. The molecule has 0 radical (unpaired) electrons. The van der Waals surface area contributed by atoms with Crippen molar-refractivity contribution < 1.29 is 26.8 Å². The average Bonchev–Trinajstić information content (AvgIpc) is 2.47. The van der Waals surface area contributed by atoms with Gasteiger partial charge in [-0.3, -0.25) is 0 Å². The first-order valence-corrected chi connectivity index (χ1v) is 8.33. The number of rotatable bonds is 6. The molecule has 0 saturated carbocycles. The van der Waals surface area contributed by atoms with Gasteiger partial charge in [0.2, 0.25) is 10.0 Å². The van der Waals surface area contributed by atoms with Gasteiger partial charge < -0.3 is 9.64 Å². The summed E-state index contributed by atoms with van der Waals surface area (Å²) in [5, 5.41) is 0. The summed E-state index contributed by atoms with van der Waals surface area (Å²) in [6.07, 6.45) is 0.630. The van der Waals surface area contributed by atoms with Crippen LogP contribution >= 0.6 is 0 Å². The SMILES string of the molecule is O=S(=O)(NCCC[NH+]1CCOCC1)c1cc(F)ccc1F. The monoisotopic (exact) mass is 321 g/mol. The quantitative estimate of drug-likeness (QED) is 0.698. The fourth-order valence-electron chi connectivity index (χ4n) is 2.22. The number of nitrogens with one attached hydrogen (secondary N) is 2. The second-order valence-corrected chi connectivity index (χ2v) is 6.67. The maximum Gasteiger partial charge on any atom is 0.243 e. The lowest BCUT2D eigenvalue weighted by atomic mass is 10.3. The minimum atomic E-state index is -4.02. The third-order valence-corrected chi connectivity index (χ3v) is 4.86. The van der Waals surface area contributed by atoms with Crippen LogP contribution < -0.4 is 9.62 Å². The molecule has 1 heterocycles. The van der Waals surface area contributed by atoms with Crippen LogP contribution in [0.25, 0.3) is 0 Å². The molecule has 8 heteroatoms. The van der Waals surface area contributed by atoms with E-state index in [4.69, 9.17) is 4.74 Å². The molecule has 1 saturated heterocycles. The van der Waals surface area contributed by atoms with Crippen LogP contribution in [0.3, 0.4) is 0 Å². The van der Waals surface area contributed by atoms with Gasteiger partial charge in [-0.25, -0.2) is 21.9 Å². The molecule has 118 valence electrons. The molecule has 0 bridgehead atoms. The summed E-state index contributed by atoms with van der Waals surface area (Å²) in [4.78, 5) is 0.707. The first-order chi connectivity index (χ1) is 9.99. The Morgan fingerprint density at radius 3 is 2.67 bits per heavy atom. The van der Waals surface area contributed by atoms with Gasteiger partial charge in [-0.2, -0.15) is 0 Å². The molecule has 0 aromatic heterocycles. The molecule has 1 aromatic rings. The largest absolute Gasteiger partial charge is 0.370 e. The van der Waals surface area contributed by atoms with Crippen LogP contribution in [0.15, 0.2) is 23.1 Å². The zero-order valence-electron chi connectivity index (χ0n) is 11.6. The lowest BCUT2D eigenvalue weighted by Crippen LogP contribution is -3.14. The van der Waals surface area contributed by atoms with E-state index >= 15 is 0 Å². The number of ether oxygens (including phenoxy) is 1. The van der Waals surface area contributed by atoms with Crippen molar-refractivity contribution in [1.82, 2.24) is 4.72 Å². The second kappa shape index (κ2) is 7.26. The van der Waals surface area contributed by atoms with Crippen LogP contribution in [0.2, 0.25) is 0 Å². The van der Waals surface area contributed by atoms with Crippen molar-refractivity contribution >= 4 is 10.0 Å². The van der Waals surface area contributed by atoms with E-state index in [1.54, 1.807) is 0 Å². The van der Waals surface area contributed by atoms with E-state index < -0.39 is 26.6 Å². The molecule has 0 unspecified atom stereocenters. The fourth-order valence-corrected chi connectivity index (χ4v) is 3.38. The van der Waals surface area contributed by atoms with E-state index in [1.807, 2.05) is 0 Å². The van der Waals surface area contributed by atoms with E-state index in [0.717, 1.165) is 45.0 Å². The molecule has 21 heavy (non-hydrogen) atoms. The van der Waals surface area contributed by atoms with Gasteiger partial charge >= 0.3 is 0 Å². The normalized spacial score (nSPS) is 17.0. The van der Waals surface area contributed by atoms with Crippen LogP contribution in [0, 0.1) is 11.6 Å². The molecule has 1 aromatic carbocycles. The highest BCUT2D eigenvalue weighted by Crippen LogP contribution is 2.15. The smallest absolute Gasteiger partial charge is 0.243 e. The molecule has 2 N–H and O–H groups in total. The summed E-state index contributed by atoms with van der Waals surface area (Å²) in [6, 6.07) is 2.38. The first-order valence-electron chi connectivity index (χ1n) is 6.85. The maximum atomic E-state index is 13.5. The Kier molecular flexibility index (Phi) is 5.63. The highest BCUT2D eigenvalue weighted by molar-refractivity contribution is 7.89. The van der Waals surface area contributed by atoms with Crippen molar-refractivity contribution in [3.8, 4) is 0 Å². The van der Waals surface area contributed by atoms with E-state index in [2.05, 4.69) is 4.72 Å². The summed E-state index contributed by atoms with van der Waals surface area (Å²) in [7, 11) is -4.02. The Hall–Kier alpha value is -1.09. The summed E-state index contributed by atoms with van der Waals surface area (Å²) < 4.78 is 57.9. The van der Waals surface area contributed by atoms with Crippen molar-refractivity contribution in [3.05, 3.63) is 29.8 Å². The van der Waals surface area contributed by atoms with E-state index in [9.17, 15) is 17.2 Å². The van der Waals surface area contributed by atoms with Gasteiger partial charge in [0.25, 0.3) is 0 Å². The summed E-state index contributed by atoms with van der Waals surface area (Å²) in [5.41, 5.74) is 0. The number of hydrogen-bond donors (Lipinski definition) is 2. The topological polar surface area (TPSA) is 59.8 Å². The number of benzene rings is 1. The molecule has 0 spiro atoms. The molecule has 0 aliphatic carbocycles.